The third-order valence-electron chi connectivity index (χ3n) is 4.37. The molecular formula is C23H26N2O6S. The average molecular weight is 459 g/mol. The first-order chi connectivity index (χ1) is 15.3. The quantitative estimate of drug-likeness (QED) is 0.344. The van der Waals surface area contributed by atoms with Crippen molar-refractivity contribution in [1.82, 2.24) is 4.90 Å². The Labute approximate surface area is 191 Å². The number of amides is 2. The Kier molecular flexibility index (Phi) is 9.75. The summed E-state index contributed by atoms with van der Waals surface area (Å²) in [6.45, 7) is 8.81. The van der Waals surface area contributed by atoms with Crippen LogP contribution in [0.2, 0.25) is 0 Å². The highest BCUT2D eigenvalue weighted by Crippen LogP contribution is 2.29. The zero-order chi connectivity index (χ0) is 23.5. The van der Waals surface area contributed by atoms with Crippen molar-refractivity contribution in [3.05, 3.63) is 61.2 Å². The maximum atomic E-state index is 13.0. The molecule has 1 aromatic rings. The molecule has 1 aliphatic rings. The van der Waals surface area contributed by atoms with Crippen molar-refractivity contribution in [2.45, 2.75) is 24.6 Å². The Morgan fingerprint density at radius 1 is 1.19 bits per heavy atom. The third-order valence-corrected chi connectivity index (χ3v) is 5.37. The molecule has 0 unspecified atom stereocenters. The number of nitrogens with zero attached hydrogens (tertiary/aromatic N) is 1. The number of esters is 1. The molecule has 9 heteroatoms. The Balaban J connectivity index is 2.09. The Hall–Kier alpha value is -3.33. The molecule has 8 nitrogen and oxygen atoms in total. The van der Waals surface area contributed by atoms with Crippen molar-refractivity contribution < 1.29 is 28.7 Å². The Bertz CT molecular complexity index is 914. The zero-order valence-electron chi connectivity index (χ0n) is 17.8. The summed E-state index contributed by atoms with van der Waals surface area (Å²) in [4.78, 5) is 49.8. The number of carbonyl (C=O) groups is 4. The zero-order valence-corrected chi connectivity index (χ0v) is 18.6. The number of hydrogen-bond donors (Lipinski definition) is 1. The highest BCUT2D eigenvalue weighted by atomic mass is 32.2. The van der Waals surface area contributed by atoms with E-state index in [1.807, 2.05) is 0 Å². The number of thioether (sulfide) groups is 1. The second kappa shape index (κ2) is 12.5. The number of anilines is 1. The van der Waals surface area contributed by atoms with Crippen LogP contribution in [0.15, 0.2) is 55.7 Å². The van der Waals surface area contributed by atoms with Gasteiger partial charge >= 0.3 is 12.1 Å². The van der Waals surface area contributed by atoms with E-state index in [4.69, 9.17) is 9.47 Å². The molecule has 1 heterocycles. The van der Waals surface area contributed by atoms with Crippen molar-refractivity contribution in [3.63, 3.8) is 0 Å². The molecule has 1 aromatic carbocycles. The van der Waals surface area contributed by atoms with Gasteiger partial charge in [-0.05, 0) is 30.2 Å². The minimum Gasteiger partial charge on any atom is -0.458 e. The lowest BCUT2D eigenvalue weighted by Gasteiger charge is -2.23. The Morgan fingerprint density at radius 3 is 2.59 bits per heavy atom. The van der Waals surface area contributed by atoms with E-state index in [-0.39, 0.29) is 30.1 Å². The van der Waals surface area contributed by atoms with E-state index in [9.17, 15) is 19.2 Å². The van der Waals surface area contributed by atoms with Gasteiger partial charge in [-0.15, -0.1) is 0 Å². The fourth-order valence-electron chi connectivity index (χ4n) is 3.08. The minimum atomic E-state index is -0.780. The van der Waals surface area contributed by atoms with Crippen LogP contribution in [0.25, 0.3) is 6.08 Å². The SMILES string of the molecule is C=CCOC(=O)C=Cc1cccc(NC(=O)[C@@H]2C[C@H](SC(C)=O)CN2C(=O)OCC=C)c1. The summed E-state index contributed by atoms with van der Waals surface area (Å²) in [6.07, 6.45) is 5.45. The van der Waals surface area contributed by atoms with E-state index in [0.717, 1.165) is 11.8 Å². The number of nitrogens with one attached hydrogen (secondary N) is 1. The fourth-order valence-corrected chi connectivity index (χ4v) is 4.06. The first-order valence-corrected chi connectivity index (χ1v) is 10.8. The second-order valence-electron chi connectivity index (χ2n) is 6.87. The lowest BCUT2D eigenvalue weighted by Crippen LogP contribution is -2.43. The first kappa shape index (κ1) is 24.9. The molecule has 1 saturated heterocycles. The van der Waals surface area contributed by atoms with Crippen LogP contribution in [-0.2, 0) is 23.9 Å². The molecule has 0 aromatic heterocycles. The van der Waals surface area contributed by atoms with Gasteiger partial charge in [-0.1, -0.05) is 49.2 Å². The van der Waals surface area contributed by atoms with E-state index in [1.54, 1.807) is 30.3 Å². The number of rotatable bonds is 9. The second-order valence-corrected chi connectivity index (χ2v) is 8.34. The van der Waals surface area contributed by atoms with Crippen LogP contribution in [0.5, 0.6) is 0 Å². The normalized spacial score (nSPS) is 17.6. The summed E-state index contributed by atoms with van der Waals surface area (Å²) in [7, 11) is 0. The van der Waals surface area contributed by atoms with Crippen molar-refractivity contribution in [3.8, 4) is 0 Å². The first-order valence-electron chi connectivity index (χ1n) is 9.92. The van der Waals surface area contributed by atoms with Crippen LogP contribution in [0.4, 0.5) is 10.5 Å². The van der Waals surface area contributed by atoms with E-state index in [0.29, 0.717) is 17.7 Å². The maximum absolute atomic E-state index is 13.0. The van der Waals surface area contributed by atoms with E-state index in [1.165, 1.54) is 30.1 Å². The van der Waals surface area contributed by atoms with Crippen molar-refractivity contribution in [2.75, 3.05) is 25.1 Å². The molecule has 2 rings (SSSR count). The molecule has 0 radical (unpaired) electrons. The largest absolute Gasteiger partial charge is 0.458 e. The van der Waals surface area contributed by atoms with E-state index < -0.39 is 24.0 Å². The van der Waals surface area contributed by atoms with Crippen LogP contribution >= 0.6 is 11.8 Å². The maximum Gasteiger partial charge on any atom is 0.410 e. The number of ether oxygens (including phenoxy) is 2. The predicted octanol–water partition coefficient (Wildman–Crippen LogP) is 3.41. The number of carbonyl (C=O) groups excluding carboxylic acids is 4. The van der Waals surface area contributed by atoms with Crippen molar-refractivity contribution in [2.24, 2.45) is 0 Å². The highest BCUT2D eigenvalue weighted by molar-refractivity contribution is 8.14. The van der Waals surface area contributed by atoms with E-state index >= 15 is 0 Å². The van der Waals surface area contributed by atoms with Gasteiger partial charge in [-0.25, -0.2) is 9.59 Å². The lowest BCUT2D eigenvalue weighted by atomic mass is 10.1. The molecule has 170 valence electrons. The smallest absolute Gasteiger partial charge is 0.410 e. The molecule has 2 amide bonds. The molecule has 1 N–H and O–H groups in total. The van der Waals surface area contributed by atoms with Gasteiger partial charge in [0.15, 0.2) is 5.12 Å². The fraction of sp³-hybridized carbons (Fsp3) is 0.304. The summed E-state index contributed by atoms with van der Waals surface area (Å²) in [5, 5.41) is 2.51. The summed E-state index contributed by atoms with van der Waals surface area (Å²) < 4.78 is 9.98. The summed E-state index contributed by atoms with van der Waals surface area (Å²) >= 11 is 1.10. The summed E-state index contributed by atoms with van der Waals surface area (Å²) in [6, 6.07) is 6.09. The van der Waals surface area contributed by atoms with Crippen LogP contribution in [-0.4, -0.2) is 59.0 Å². The molecule has 1 aliphatic heterocycles. The van der Waals surface area contributed by atoms with Crippen LogP contribution < -0.4 is 5.32 Å². The standard InChI is InChI=1S/C23H26N2O6S/c1-4-11-30-21(27)10-9-17-7-6-8-18(13-17)24-22(28)20-14-19(32-16(3)26)15-25(20)23(29)31-12-5-2/h4-10,13,19-20H,1-2,11-12,14-15H2,3H3,(H,24,28)/t19-,20-/m0/s1. The molecule has 2 atom stereocenters. The summed E-state index contributed by atoms with van der Waals surface area (Å²) in [5.74, 6) is -0.897. The van der Waals surface area contributed by atoms with Crippen molar-refractivity contribution >= 4 is 46.6 Å². The van der Waals surface area contributed by atoms with Gasteiger partial charge in [0.1, 0.15) is 19.3 Å². The number of benzene rings is 1. The number of hydrogen-bond acceptors (Lipinski definition) is 7. The van der Waals surface area contributed by atoms with Crippen molar-refractivity contribution in [1.29, 1.82) is 0 Å². The van der Waals surface area contributed by atoms with Gasteiger partial charge in [0.2, 0.25) is 5.91 Å². The predicted molar refractivity (Wildman–Crippen MR) is 124 cm³/mol. The van der Waals surface area contributed by atoms with Gasteiger partial charge in [-0.3, -0.25) is 14.5 Å². The van der Waals surface area contributed by atoms with Gasteiger partial charge < -0.3 is 14.8 Å². The minimum absolute atomic E-state index is 0.0256. The van der Waals surface area contributed by atoms with Gasteiger partial charge in [-0.2, -0.15) is 0 Å². The molecule has 32 heavy (non-hydrogen) atoms. The molecule has 1 fully saturated rings. The van der Waals surface area contributed by atoms with Crippen LogP contribution in [0, 0.1) is 0 Å². The monoisotopic (exact) mass is 458 g/mol. The highest BCUT2D eigenvalue weighted by Gasteiger charge is 2.41. The van der Waals surface area contributed by atoms with Gasteiger partial charge in [0, 0.05) is 30.5 Å². The van der Waals surface area contributed by atoms with Crippen LogP contribution in [0.1, 0.15) is 18.9 Å². The van der Waals surface area contributed by atoms with Gasteiger partial charge in [0.25, 0.3) is 0 Å². The third kappa shape index (κ3) is 7.73. The Morgan fingerprint density at radius 2 is 1.91 bits per heavy atom. The molecule has 0 bridgehead atoms. The van der Waals surface area contributed by atoms with Crippen LogP contribution in [0.3, 0.4) is 0 Å². The molecule has 0 spiro atoms. The molecule has 0 saturated carbocycles. The van der Waals surface area contributed by atoms with Gasteiger partial charge in [0.05, 0.1) is 0 Å². The molecular weight excluding hydrogens is 432 g/mol. The number of likely N-dealkylation sites (tertiary alicyclic amines) is 1. The summed E-state index contributed by atoms with van der Waals surface area (Å²) in [5.41, 5.74) is 1.18. The van der Waals surface area contributed by atoms with E-state index in [2.05, 4.69) is 18.5 Å². The molecule has 0 aliphatic carbocycles. The average Bonchev–Trinajstić information content (AvgIpc) is 3.18. The topological polar surface area (TPSA) is 102 Å². The lowest BCUT2D eigenvalue weighted by molar-refractivity contribution is -0.136.